The van der Waals surface area contributed by atoms with Crippen LogP contribution >= 0.6 is 0 Å². The molecule has 3 amide bonds. The molecule has 0 bridgehead atoms. The minimum absolute atomic E-state index is 0.0226. The Morgan fingerprint density at radius 2 is 1.82 bits per heavy atom. The van der Waals surface area contributed by atoms with Gasteiger partial charge in [-0.15, -0.1) is 0 Å². The minimum atomic E-state index is -2.86. The molecule has 3 aromatic heterocycles. The molecule has 2 aliphatic heterocycles. The van der Waals surface area contributed by atoms with Crippen molar-refractivity contribution >= 4 is 40.6 Å². The molecule has 62 heavy (non-hydrogen) atoms. The van der Waals surface area contributed by atoms with E-state index < -0.39 is 18.0 Å². The SMILES string of the molecule is CN(CCCOCCCc1cccc2c1N(C)CN2C1CCC(=O)N(C)C1=O)C[C@H]1CC[C@H](n2cc(NC(=O)c3coc(-c4ccnc(NCC5CC5)c4)n3)c(C(F)F)n2)CC1. The second kappa shape index (κ2) is 19.3. The number of pyridine rings is 1. The van der Waals surface area contributed by atoms with Gasteiger partial charge in [-0.1, -0.05) is 12.1 Å². The number of ether oxygens (including phenoxy) is 1. The number of amides is 3. The lowest BCUT2D eigenvalue weighted by atomic mass is 9.86. The molecular weight excluding hydrogens is 799 g/mol. The fourth-order valence-corrected chi connectivity index (χ4v) is 9.09. The van der Waals surface area contributed by atoms with Crippen LogP contribution in [0.2, 0.25) is 0 Å². The smallest absolute Gasteiger partial charge is 0.284 e. The van der Waals surface area contributed by atoms with Crippen LogP contribution in [0.25, 0.3) is 11.5 Å². The molecule has 0 spiro atoms. The molecule has 5 heterocycles. The highest BCUT2D eigenvalue weighted by Gasteiger charge is 2.40. The largest absolute Gasteiger partial charge is 0.444 e. The minimum Gasteiger partial charge on any atom is -0.444 e. The number of likely N-dealkylation sites (N-methyl/N-ethyl adjacent to an activating group) is 1. The van der Waals surface area contributed by atoms with E-state index in [1.54, 1.807) is 30.1 Å². The summed E-state index contributed by atoms with van der Waals surface area (Å²) in [4.78, 5) is 54.8. The number of aryl methyl sites for hydroxylation is 1. The van der Waals surface area contributed by atoms with Gasteiger partial charge in [-0.05, 0) is 107 Å². The van der Waals surface area contributed by atoms with E-state index in [1.165, 1.54) is 35.8 Å². The number of nitrogens with zero attached hydrogens (tertiary/aromatic N) is 8. The number of hydrogen-bond acceptors (Lipinski definition) is 12. The Labute approximate surface area is 361 Å². The molecule has 4 aliphatic rings. The summed E-state index contributed by atoms with van der Waals surface area (Å²) >= 11 is 0. The number of alkyl halides is 2. The number of halogens is 2. The van der Waals surface area contributed by atoms with Crippen molar-refractivity contribution in [2.75, 3.05) is 81.1 Å². The quantitative estimate of drug-likeness (QED) is 0.0737. The van der Waals surface area contributed by atoms with Crippen LogP contribution in [0.5, 0.6) is 0 Å². The first-order valence-corrected chi connectivity index (χ1v) is 22.0. The van der Waals surface area contributed by atoms with E-state index in [-0.39, 0.29) is 41.2 Å². The average molecular weight is 857 g/mol. The number of carbonyl (C=O) groups excluding carboxylic acids is 3. The average Bonchev–Trinajstić information content (AvgIpc) is 3.61. The number of carbonyl (C=O) groups is 3. The van der Waals surface area contributed by atoms with Gasteiger partial charge < -0.3 is 34.5 Å². The molecule has 2 N–H and O–H groups in total. The number of piperidine rings is 1. The van der Waals surface area contributed by atoms with Gasteiger partial charge in [0.1, 0.15) is 18.1 Å². The number of para-hydroxylation sites is 1. The summed E-state index contributed by atoms with van der Waals surface area (Å²) < 4.78 is 41.5. The van der Waals surface area contributed by atoms with Gasteiger partial charge in [0.05, 0.1) is 29.8 Å². The van der Waals surface area contributed by atoms with E-state index in [0.717, 1.165) is 76.0 Å². The number of imide groups is 1. The van der Waals surface area contributed by atoms with Crippen LogP contribution in [-0.4, -0.2) is 114 Å². The zero-order valence-corrected chi connectivity index (χ0v) is 35.9. The normalized spacial score (nSPS) is 20.4. The fraction of sp³-hybridized carbons (Fsp3) is 0.556. The van der Waals surface area contributed by atoms with Gasteiger partial charge in [0.25, 0.3) is 18.2 Å². The summed E-state index contributed by atoms with van der Waals surface area (Å²) in [5.74, 6) is 1.19. The van der Waals surface area contributed by atoms with Gasteiger partial charge in [0, 0.05) is 71.3 Å². The zero-order valence-electron chi connectivity index (χ0n) is 35.9. The first kappa shape index (κ1) is 43.2. The van der Waals surface area contributed by atoms with Gasteiger partial charge in [0.15, 0.2) is 11.4 Å². The summed E-state index contributed by atoms with van der Waals surface area (Å²) in [6, 6.07) is 9.45. The highest BCUT2D eigenvalue weighted by Crippen LogP contribution is 2.41. The first-order chi connectivity index (χ1) is 30.0. The number of likely N-dealkylation sites (tertiary alicyclic amines) is 1. The van der Waals surface area contributed by atoms with Crippen molar-refractivity contribution in [1.29, 1.82) is 0 Å². The van der Waals surface area contributed by atoms with Crippen LogP contribution in [0.1, 0.15) is 98.4 Å². The van der Waals surface area contributed by atoms with Crippen LogP contribution in [0.3, 0.4) is 0 Å². The van der Waals surface area contributed by atoms with Crippen molar-refractivity contribution in [3.05, 3.63) is 65.9 Å². The number of anilines is 4. The Balaban J connectivity index is 0.740. The van der Waals surface area contributed by atoms with E-state index in [2.05, 4.69) is 72.7 Å². The topological polar surface area (TPSA) is 154 Å². The van der Waals surface area contributed by atoms with Crippen molar-refractivity contribution in [3.8, 4) is 11.5 Å². The summed E-state index contributed by atoms with van der Waals surface area (Å²) in [6.45, 7) is 4.68. The fourth-order valence-electron chi connectivity index (χ4n) is 9.09. The van der Waals surface area contributed by atoms with Crippen LogP contribution in [0, 0.1) is 11.8 Å². The highest BCUT2D eigenvalue weighted by atomic mass is 19.3. The molecule has 15 nitrogen and oxygen atoms in total. The van der Waals surface area contributed by atoms with Gasteiger partial charge in [-0.25, -0.2) is 18.7 Å². The van der Waals surface area contributed by atoms with Gasteiger partial charge in [0.2, 0.25) is 11.8 Å². The van der Waals surface area contributed by atoms with E-state index in [4.69, 9.17) is 9.15 Å². The number of nitrogens with one attached hydrogen (secondary N) is 2. The Hall–Kier alpha value is -5.42. The maximum Gasteiger partial charge on any atom is 0.284 e. The van der Waals surface area contributed by atoms with E-state index in [1.807, 2.05) is 0 Å². The second-order valence-electron chi connectivity index (χ2n) is 17.4. The standard InChI is InChI=1S/C45H58F2N10O5/c1-53(20-6-22-61-21-5-8-31-7-4-9-36-41(31)54(2)28-56(36)37-16-17-39(58)55(3)45(37)60)25-30-12-14-33(15-13-30)57-26-34(40(52-57)42(46)47)50-43(59)35-27-62-44(51-35)32-18-19-48-38(23-32)49-24-29-10-11-29/h4,7,9,18-19,23,26-27,29-30,33,37,42H,5-6,8,10-17,20-22,24-25,28H2,1-3H3,(H,48,49)(H,50,59)/t30-,33-,37?. The van der Waals surface area contributed by atoms with E-state index >= 15 is 0 Å². The molecule has 17 heteroatoms. The molecule has 1 aromatic carbocycles. The van der Waals surface area contributed by atoms with Crippen molar-refractivity contribution < 1.29 is 32.3 Å². The maximum atomic E-state index is 14.1. The predicted molar refractivity (Wildman–Crippen MR) is 231 cm³/mol. The van der Waals surface area contributed by atoms with Crippen molar-refractivity contribution in [2.24, 2.45) is 11.8 Å². The van der Waals surface area contributed by atoms with Crippen molar-refractivity contribution in [1.82, 2.24) is 29.5 Å². The molecule has 3 fully saturated rings. The summed E-state index contributed by atoms with van der Waals surface area (Å²) in [7, 11) is 5.76. The first-order valence-electron chi connectivity index (χ1n) is 22.0. The van der Waals surface area contributed by atoms with Crippen LogP contribution in [0.15, 0.2) is 53.4 Å². The monoisotopic (exact) mass is 856 g/mol. The second-order valence-corrected chi connectivity index (χ2v) is 17.4. The van der Waals surface area contributed by atoms with Crippen LogP contribution in [-0.2, 0) is 20.7 Å². The number of aromatic nitrogens is 4. The lowest BCUT2D eigenvalue weighted by molar-refractivity contribution is -0.147. The lowest BCUT2D eigenvalue weighted by Gasteiger charge is -2.35. The molecule has 332 valence electrons. The zero-order chi connectivity index (χ0) is 43.3. The van der Waals surface area contributed by atoms with Gasteiger partial charge in [-0.2, -0.15) is 5.10 Å². The molecule has 2 aliphatic carbocycles. The molecule has 4 aromatic rings. The molecule has 1 saturated heterocycles. The number of oxazole rings is 1. The van der Waals surface area contributed by atoms with Gasteiger partial charge in [-0.3, -0.25) is 24.0 Å². The maximum absolute atomic E-state index is 14.1. The third-order valence-electron chi connectivity index (χ3n) is 12.7. The Morgan fingerprint density at radius 1 is 1.03 bits per heavy atom. The third kappa shape index (κ3) is 10.1. The Bertz CT molecular complexity index is 2200. The molecule has 1 unspecified atom stereocenters. The third-order valence-corrected chi connectivity index (χ3v) is 12.7. The summed E-state index contributed by atoms with van der Waals surface area (Å²) in [5, 5.41) is 10.1. The molecule has 2 saturated carbocycles. The number of hydrogen-bond donors (Lipinski definition) is 2. The summed E-state index contributed by atoms with van der Waals surface area (Å²) in [6.07, 6.45) is 11.1. The Morgan fingerprint density at radius 3 is 2.61 bits per heavy atom. The highest BCUT2D eigenvalue weighted by molar-refractivity contribution is 6.03. The molecular formula is C45H58F2N10O5. The van der Waals surface area contributed by atoms with Gasteiger partial charge >= 0.3 is 0 Å². The lowest BCUT2D eigenvalue weighted by Crippen LogP contribution is -2.53. The number of rotatable bonds is 19. The Kier molecular flexibility index (Phi) is 13.5. The van der Waals surface area contributed by atoms with Crippen molar-refractivity contribution in [2.45, 2.75) is 89.1 Å². The van der Waals surface area contributed by atoms with E-state index in [9.17, 15) is 23.2 Å². The molecule has 8 rings (SSSR count). The molecule has 1 atom stereocenters. The summed E-state index contributed by atoms with van der Waals surface area (Å²) in [5.41, 5.74) is 3.57. The molecule has 0 radical (unpaired) electrons. The van der Waals surface area contributed by atoms with Crippen LogP contribution in [0.4, 0.5) is 31.7 Å². The number of fused-ring (bicyclic) bond motifs is 1. The number of benzene rings is 1. The van der Waals surface area contributed by atoms with Crippen LogP contribution < -0.4 is 20.4 Å². The van der Waals surface area contributed by atoms with E-state index in [0.29, 0.717) is 55.9 Å². The van der Waals surface area contributed by atoms with Crippen molar-refractivity contribution in [3.63, 3.8) is 0 Å². The predicted octanol–water partition coefficient (Wildman–Crippen LogP) is 7.01.